The third-order valence-electron chi connectivity index (χ3n) is 3.19. The Kier molecular flexibility index (Phi) is 5.54. The number of nitrogens with one attached hydrogen (secondary N) is 1. The lowest BCUT2D eigenvalue weighted by Gasteiger charge is -2.07. The van der Waals surface area contributed by atoms with Crippen LogP contribution in [0.3, 0.4) is 0 Å². The largest absolute Gasteiger partial charge is 0.460 e. The maximum Gasteiger partial charge on any atom is 0.270 e. The fourth-order valence-electron chi connectivity index (χ4n) is 1.94. The van der Waals surface area contributed by atoms with Crippen molar-refractivity contribution in [2.75, 3.05) is 13.2 Å². The number of rotatable bonds is 7. The van der Waals surface area contributed by atoms with Crippen LogP contribution >= 0.6 is 11.6 Å². The van der Waals surface area contributed by atoms with Crippen LogP contribution in [0.5, 0.6) is 0 Å². The summed E-state index contributed by atoms with van der Waals surface area (Å²) in [4.78, 5) is 10.2. The maximum absolute atomic E-state index is 10.7. The summed E-state index contributed by atoms with van der Waals surface area (Å²) in [5.41, 5.74) is 0.558. The molecule has 0 radical (unpaired) electrons. The summed E-state index contributed by atoms with van der Waals surface area (Å²) >= 11 is 6.07. The SMILES string of the molecule is CC(CO)CNCc1ccc(-c2ccc([N+](=O)[O-])cc2Cl)o1. The smallest absolute Gasteiger partial charge is 0.270 e. The van der Waals surface area contributed by atoms with Crippen LogP contribution < -0.4 is 5.32 Å². The van der Waals surface area contributed by atoms with Gasteiger partial charge < -0.3 is 14.8 Å². The molecule has 0 aliphatic rings. The summed E-state index contributed by atoms with van der Waals surface area (Å²) in [6.07, 6.45) is 0. The summed E-state index contributed by atoms with van der Waals surface area (Å²) in [6, 6.07) is 7.87. The second kappa shape index (κ2) is 7.40. The van der Waals surface area contributed by atoms with E-state index in [1.54, 1.807) is 12.1 Å². The van der Waals surface area contributed by atoms with E-state index < -0.39 is 4.92 Å². The number of hydrogen-bond acceptors (Lipinski definition) is 5. The molecular formula is C15H17ClN2O4. The van der Waals surface area contributed by atoms with E-state index in [9.17, 15) is 10.1 Å². The van der Waals surface area contributed by atoms with Gasteiger partial charge in [0.2, 0.25) is 0 Å². The van der Waals surface area contributed by atoms with E-state index in [0.29, 0.717) is 24.4 Å². The highest BCUT2D eigenvalue weighted by Gasteiger charge is 2.13. The molecule has 0 aliphatic heterocycles. The normalized spacial score (nSPS) is 12.3. The van der Waals surface area contributed by atoms with Crippen molar-refractivity contribution in [3.05, 3.63) is 51.2 Å². The van der Waals surface area contributed by atoms with Gasteiger partial charge in [-0.15, -0.1) is 0 Å². The van der Waals surface area contributed by atoms with Gasteiger partial charge in [0, 0.05) is 30.8 Å². The number of nitrogens with zero attached hydrogens (tertiary/aromatic N) is 1. The zero-order chi connectivity index (χ0) is 16.1. The molecule has 2 aromatic rings. The van der Waals surface area contributed by atoms with Gasteiger partial charge in [0.05, 0.1) is 16.5 Å². The molecule has 1 aromatic heterocycles. The Bertz CT molecular complexity index is 657. The lowest BCUT2D eigenvalue weighted by Crippen LogP contribution is -2.22. The molecule has 22 heavy (non-hydrogen) atoms. The van der Waals surface area contributed by atoms with E-state index in [2.05, 4.69) is 5.32 Å². The van der Waals surface area contributed by atoms with Crippen LogP contribution in [0.15, 0.2) is 34.7 Å². The van der Waals surface area contributed by atoms with Crippen molar-refractivity contribution in [1.82, 2.24) is 5.32 Å². The molecule has 1 unspecified atom stereocenters. The van der Waals surface area contributed by atoms with Crippen molar-refractivity contribution in [2.45, 2.75) is 13.5 Å². The molecule has 2 N–H and O–H groups in total. The number of nitro groups is 1. The van der Waals surface area contributed by atoms with Crippen molar-refractivity contribution in [3.63, 3.8) is 0 Å². The van der Waals surface area contributed by atoms with Crippen LogP contribution in [0.25, 0.3) is 11.3 Å². The predicted molar refractivity (Wildman–Crippen MR) is 83.8 cm³/mol. The average Bonchev–Trinajstić information content (AvgIpc) is 2.95. The summed E-state index contributed by atoms with van der Waals surface area (Å²) in [5.74, 6) is 1.47. The van der Waals surface area contributed by atoms with Crippen molar-refractivity contribution >= 4 is 17.3 Å². The number of benzene rings is 1. The van der Waals surface area contributed by atoms with Gasteiger partial charge in [0.25, 0.3) is 5.69 Å². The van der Waals surface area contributed by atoms with Crippen molar-refractivity contribution in [1.29, 1.82) is 0 Å². The van der Waals surface area contributed by atoms with Crippen molar-refractivity contribution < 1.29 is 14.4 Å². The third kappa shape index (κ3) is 4.07. The van der Waals surface area contributed by atoms with Crippen LogP contribution in [-0.2, 0) is 6.54 Å². The summed E-state index contributed by atoms with van der Waals surface area (Å²) in [7, 11) is 0. The summed E-state index contributed by atoms with van der Waals surface area (Å²) in [6.45, 7) is 3.30. The molecule has 0 amide bonds. The van der Waals surface area contributed by atoms with Gasteiger partial charge in [-0.25, -0.2) is 0 Å². The van der Waals surface area contributed by atoms with E-state index in [0.717, 1.165) is 5.76 Å². The van der Waals surface area contributed by atoms with E-state index in [1.165, 1.54) is 12.1 Å². The van der Waals surface area contributed by atoms with Crippen LogP contribution in [0.4, 0.5) is 5.69 Å². The zero-order valence-electron chi connectivity index (χ0n) is 12.1. The van der Waals surface area contributed by atoms with E-state index in [1.807, 2.05) is 13.0 Å². The van der Waals surface area contributed by atoms with Crippen LogP contribution in [0.2, 0.25) is 5.02 Å². The number of hydrogen-bond donors (Lipinski definition) is 2. The minimum Gasteiger partial charge on any atom is -0.460 e. The first-order valence-electron chi connectivity index (χ1n) is 6.86. The van der Waals surface area contributed by atoms with Crippen LogP contribution in [0.1, 0.15) is 12.7 Å². The first-order valence-corrected chi connectivity index (χ1v) is 7.23. The summed E-state index contributed by atoms with van der Waals surface area (Å²) in [5, 5.41) is 23.1. The number of non-ortho nitro benzene ring substituents is 1. The molecule has 0 spiro atoms. The van der Waals surface area contributed by atoms with Gasteiger partial charge in [-0.3, -0.25) is 10.1 Å². The lowest BCUT2D eigenvalue weighted by molar-refractivity contribution is -0.384. The average molecular weight is 325 g/mol. The van der Waals surface area contributed by atoms with Crippen molar-refractivity contribution in [2.24, 2.45) is 5.92 Å². The molecule has 7 heteroatoms. The lowest BCUT2D eigenvalue weighted by atomic mass is 10.1. The van der Waals surface area contributed by atoms with Gasteiger partial charge >= 0.3 is 0 Å². The number of furan rings is 1. The number of aliphatic hydroxyl groups excluding tert-OH is 1. The molecule has 2 rings (SSSR count). The monoisotopic (exact) mass is 324 g/mol. The molecule has 0 bridgehead atoms. The highest BCUT2D eigenvalue weighted by molar-refractivity contribution is 6.33. The molecule has 0 saturated heterocycles. The topological polar surface area (TPSA) is 88.5 Å². The van der Waals surface area contributed by atoms with Gasteiger partial charge in [-0.1, -0.05) is 18.5 Å². The molecule has 0 saturated carbocycles. The minimum absolute atomic E-state index is 0.0554. The van der Waals surface area contributed by atoms with Crippen molar-refractivity contribution in [3.8, 4) is 11.3 Å². The Morgan fingerprint density at radius 1 is 1.41 bits per heavy atom. The second-order valence-corrected chi connectivity index (χ2v) is 5.51. The van der Waals surface area contributed by atoms with Gasteiger partial charge in [-0.05, 0) is 24.1 Å². The Morgan fingerprint density at radius 3 is 2.82 bits per heavy atom. The van der Waals surface area contributed by atoms with E-state index in [4.69, 9.17) is 21.1 Å². The predicted octanol–water partition coefficient (Wildman–Crippen LogP) is 3.23. The van der Waals surface area contributed by atoms with Gasteiger partial charge in [0.15, 0.2) is 0 Å². The second-order valence-electron chi connectivity index (χ2n) is 5.11. The Hall–Kier alpha value is -1.89. The van der Waals surface area contributed by atoms with E-state index in [-0.39, 0.29) is 23.2 Å². The number of aliphatic hydroxyl groups is 1. The van der Waals surface area contributed by atoms with Gasteiger partial charge in [0.1, 0.15) is 11.5 Å². The molecule has 1 atom stereocenters. The number of nitro benzene ring substituents is 1. The molecule has 118 valence electrons. The highest BCUT2D eigenvalue weighted by Crippen LogP contribution is 2.32. The number of halogens is 1. The standard InChI is InChI=1S/C15H17ClN2O4/c1-10(9-19)7-17-8-12-3-5-15(22-12)13-4-2-11(18(20)21)6-14(13)16/h2-6,10,17,19H,7-9H2,1H3. The summed E-state index contributed by atoms with van der Waals surface area (Å²) < 4.78 is 5.69. The molecule has 6 nitrogen and oxygen atoms in total. The van der Waals surface area contributed by atoms with Crippen LogP contribution in [-0.4, -0.2) is 23.2 Å². The third-order valence-corrected chi connectivity index (χ3v) is 3.51. The molecule has 0 fully saturated rings. The molecule has 1 heterocycles. The molecular weight excluding hydrogens is 308 g/mol. The zero-order valence-corrected chi connectivity index (χ0v) is 12.8. The minimum atomic E-state index is -0.491. The van der Waals surface area contributed by atoms with Crippen LogP contribution in [0, 0.1) is 16.0 Å². The Morgan fingerprint density at radius 2 is 2.18 bits per heavy atom. The molecule has 1 aromatic carbocycles. The highest BCUT2D eigenvalue weighted by atomic mass is 35.5. The fraction of sp³-hybridized carbons (Fsp3) is 0.333. The quantitative estimate of drug-likeness (QED) is 0.603. The van der Waals surface area contributed by atoms with Gasteiger partial charge in [-0.2, -0.15) is 0 Å². The fourth-order valence-corrected chi connectivity index (χ4v) is 2.21. The van der Waals surface area contributed by atoms with E-state index >= 15 is 0 Å². The molecule has 0 aliphatic carbocycles. The first kappa shape index (κ1) is 16.5. The Labute approximate surface area is 132 Å². The maximum atomic E-state index is 10.7. The first-order chi connectivity index (χ1) is 10.5. The Balaban J connectivity index is 2.06.